The van der Waals surface area contributed by atoms with E-state index < -0.39 is 35.0 Å². The Kier molecular flexibility index (Phi) is 9.92. The van der Waals surface area contributed by atoms with Gasteiger partial charge in [-0.25, -0.2) is 0 Å². The summed E-state index contributed by atoms with van der Waals surface area (Å²) in [5.74, 6) is 0.428. The number of halogens is 1. The van der Waals surface area contributed by atoms with Crippen molar-refractivity contribution in [2.24, 2.45) is 5.92 Å². The highest BCUT2D eigenvalue weighted by molar-refractivity contribution is 7.98. The van der Waals surface area contributed by atoms with Gasteiger partial charge in [0.1, 0.15) is 51.1 Å². The number of Topliss-reactive ketones (excluding diaryl/α,β-unsaturated/α-hetero) is 2. The van der Waals surface area contributed by atoms with Crippen molar-refractivity contribution in [1.29, 1.82) is 0 Å². The Labute approximate surface area is 313 Å². The second-order valence-electron chi connectivity index (χ2n) is 12.6. The molecule has 53 heavy (non-hydrogen) atoms. The Morgan fingerprint density at radius 1 is 1.06 bits per heavy atom. The van der Waals surface area contributed by atoms with Crippen LogP contribution < -0.4 is 24.3 Å². The molecule has 0 bridgehead atoms. The largest absolute Gasteiger partial charge is 0.497 e. The van der Waals surface area contributed by atoms with E-state index in [9.17, 15) is 14.4 Å². The summed E-state index contributed by atoms with van der Waals surface area (Å²) < 4.78 is 34.7. The quantitative estimate of drug-likeness (QED) is 0.135. The highest BCUT2D eigenvalue weighted by Gasteiger charge is 2.63. The Morgan fingerprint density at radius 3 is 2.49 bits per heavy atom. The summed E-state index contributed by atoms with van der Waals surface area (Å²) in [6.07, 6.45) is 3.93. The van der Waals surface area contributed by atoms with Crippen LogP contribution in [0.4, 0.5) is 0 Å². The van der Waals surface area contributed by atoms with E-state index in [1.54, 1.807) is 68.4 Å². The SMILES string of the molecule is COc1ccc(-c2oc3c(c2CC(=O)NC(CCSC)c2nc(-c4ccccn4)no2)C(=O)C2(Oc4c(Cl)c(OC)cc(OC)c4C2=O)C(C)C3)cc1. The van der Waals surface area contributed by atoms with Gasteiger partial charge in [0.05, 0.1) is 33.3 Å². The number of hydrogen-bond acceptors (Lipinski definition) is 13. The highest BCUT2D eigenvalue weighted by Crippen LogP contribution is 2.54. The molecule has 3 unspecified atom stereocenters. The molecule has 1 aliphatic carbocycles. The molecule has 274 valence electrons. The molecule has 0 saturated heterocycles. The number of hydrogen-bond donors (Lipinski definition) is 1. The number of furan rings is 1. The van der Waals surface area contributed by atoms with Crippen molar-refractivity contribution in [3.05, 3.63) is 88.1 Å². The molecule has 5 aromatic rings. The van der Waals surface area contributed by atoms with Crippen LogP contribution in [0.2, 0.25) is 5.02 Å². The van der Waals surface area contributed by atoms with Crippen molar-refractivity contribution < 1.29 is 42.3 Å². The summed E-state index contributed by atoms with van der Waals surface area (Å²) in [4.78, 5) is 52.3. The van der Waals surface area contributed by atoms with Crippen LogP contribution in [0.5, 0.6) is 23.0 Å². The fraction of sp³-hybridized carbons (Fsp3) is 0.316. The van der Waals surface area contributed by atoms with Crippen molar-refractivity contribution in [2.45, 2.75) is 37.8 Å². The standard InChI is InChI=1S/C38H35ClN4O9S/c1-19-16-26-29(34(45)38(19)35(46)30-25(48-3)18-27(49-4)31(39)33(30)51-38)22(32(50-26)20-9-11-21(47-2)12-10-20)17-28(44)41-24(13-15-53-5)37-42-36(43-52-37)23-8-6-7-14-40-23/h6-12,14,18-19,24H,13,15-17H2,1-5H3,(H,41,44). The number of nitrogens with one attached hydrogen (secondary N) is 1. The normalized spacial score (nSPS) is 18.0. The van der Waals surface area contributed by atoms with Gasteiger partial charge >= 0.3 is 0 Å². The predicted molar refractivity (Wildman–Crippen MR) is 195 cm³/mol. The Balaban J connectivity index is 1.28. The van der Waals surface area contributed by atoms with E-state index in [1.807, 2.05) is 12.3 Å². The van der Waals surface area contributed by atoms with E-state index in [4.69, 9.17) is 39.5 Å². The molecule has 4 heterocycles. The summed E-state index contributed by atoms with van der Waals surface area (Å²) in [5, 5.41) is 7.15. The minimum atomic E-state index is -2.00. The molecular formula is C38H35ClN4O9S. The zero-order chi connectivity index (χ0) is 37.4. The highest BCUT2D eigenvalue weighted by atomic mass is 35.5. The Bertz CT molecular complexity index is 2210. The summed E-state index contributed by atoms with van der Waals surface area (Å²) in [7, 11) is 4.38. The first-order chi connectivity index (χ1) is 25.6. The lowest BCUT2D eigenvalue weighted by Gasteiger charge is -2.35. The third kappa shape index (κ3) is 6.19. The first-order valence-electron chi connectivity index (χ1n) is 16.7. The fourth-order valence-corrected chi connectivity index (χ4v) is 7.59. The van der Waals surface area contributed by atoms with Gasteiger partial charge in [-0.1, -0.05) is 29.7 Å². The van der Waals surface area contributed by atoms with Crippen LogP contribution in [0.15, 0.2) is 63.7 Å². The van der Waals surface area contributed by atoms with Gasteiger partial charge in [0.2, 0.25) is 34.8 Å². The van der Waals surface area contributed by atoms with Crippen LogP contribution >= 0.6 is 23.4 Å². The van der Waals surface area contributed by atoms with E-state index in [1.165, 1.54) is 20.3 Å². The Morgan fingerprint density at radius 2 is 1.81 bits per heavy atom. The van der Waals surface area contributed by atoms with Crippen molar-refractivity contribution in [1.82, 2.24) is 20.4 Å². The van der Waals surface area contributed by atoms with Crippen molar-refractivity contribution in [2.75, 3.05) is 33.3 Å². The molecule has 0 saturated carbocycles. The third-order valence-electron chi connectivity index (χ3n) is 9.52. The molecule has 0 fully saturated rings. The van der Waals surface area contributed by atoms with Crippen molar-refractivity contribution in [3.8, 4) is 45.8 Å². The van der Waals surface area contributed by atoms with Gasteiger partial charge in [0.25, 0.3) is 0 Å². The second kappa shape index (κ2) is 14.6. The maximum atomic E-state index is 15.0. The molecule has 13 nitrogen and oxygen atoms in total. The van der Waals surface area contributed by atoms with Crippen LogP contribution in [0.1, 0.15) is 57.3 Å². The topological polar surface area (TPSA) is 165 Å². The van der Waals surface area contributed by atoms with E-state index in [2.05, 4.69) is 20.4 Å². The average molecular weight is 759 g/mol. The number of benzene rings is 2. The van der Waals surface area contributed by atoms with Crippen LogP contribution in [0.3, 0.4) is 0 Å². The number of nitrogens with zero attached hydrogens (tertiary/aromatic N) is 3. The third-order valence-corrected chi connectivity index (χ3v) is 10.5. The number of thioether (sulfide) groups is 1. The molecule has 1 aliphatic heterocycles. The fourth-order valence-electron chi connectivity index (χ4n) is 6.85. The van der Waals surface area contributed by atoms with E-state index in [0.717, 1.165) is 0 Å². The molecule has 1 N–H and O–H groups in total. The number of methoxy groups -OCH3 is 3. The number of ether oxygens (including phenoxy) is 4. The number of rotatable bonds is 12. The van der Waals surface area contributed by atoms with Gasteiger partial charge < -0.3 is 33.2 Å². The Hall–Kier alpha value is -5.34. The van der Waals surface area contributed by atoms with Crippen molar-refractivity contribution in [3.63, 3.8) is 0 Å². The zero-order valence-electron chi connectivity index (χ0n) is 29.5. The molecule has 1 amide bonds. The minimum absolute atomic E-state index is 0.00375. The van der Waals surface area contributed by atoms with Crippen molar-refractivity contribution >= 4 is 40.8 Å². The number of fused-ring (bicyclic) bond motifs is 2. The van der Waals surface area contributed by atoms with Crippen LogP contribution in [-0.4, -0.2) is 71.5 Å². The molecule has 15 heteroatoms. The average Bonchev–Trinajstić information content (AvgIpc) is 3.89. The predicted octanol–water partition coefficient (Wildman–Crippen LogP) is 6.61. The molecule has 2 aliphatic rings. The zero-order valence-corrected chi connectivity index (χ0v) is 31.1. The van der Waals surface area contributed by atoms with E-state index >= 15 is 0 Å². The summed E-state index contributed by atoms with van der Waals surface area (Å²) in [6, 6.07) is 13.2. The first kappa shape index (κ1) is 36.0. The van der Waals surface area contributed by atoms with Gasteiger partial charge in [-0.15, -0.1) is 0 Å². The molecule has 7 rings (SSSR count). The monoisotopic (exact) mass is 758 g/mol. The lowest BCUT2D eigenvalue weighted by molar-refractivity contribution is -0.121. The number of aromatic nitrogens is 3. The summed E-state index contributed by atoms with van der Waals surface area (Å²) >= 11 is 8.25. The lowest BCUT2D eigenvalue weighted by Crippen LogP contribution is -2.56. The lowest BCUT2D eigenvalue weighted by atomic mass is 9.70. The number of carbonyl (C=O) groups excluding carboxylic acids is 3. The maximum absolute atomic E-state index is 15.0. The van der Waals surface area contributed by atoms with Crippen LogP contribution in [-0.2, 0) is 17.6 Å². The minimum Gasteiger partial charge on any atom is -0.497 e. The smallest absolute Gasteiger partial charge is 0.249 e. The molecule has 2 aromatic carbocycles. The maximum Gasteiger partial charge on any atom is 0.249 e. The second-order valence-corrected chi connectivity index (χ2v) is 13.9. The summed E-state index contributed by atoms with van der Waals surface area (Å²) in [5.41, 5.74) is -0.437. The van der Waals surface area contributed by atoms with E-state index in [0.29, 0.717) is 46.3 Å². The molecule has 3 aromatic heterocycles. The van der Waals surface area contributed by atoms with Gasteiger partial charge in [0.15, 0.2) is 5.75 Å². The van der Waals surface area contributed by atoms with Crippen LogP contribution in [0, 0.1) is 5.92 Å². The molecule has 1 spiro atoms. The van der Waals surface area contributed by atoms with Gasteiger partial charge in [-0.2, -0.15) is 16.7 Å². The number of pyridine rings is 1. The van der Waals surface area contributed by atoms with Crippen LogP contribution in [0.25, 0.3) is 22.8 Å². The van der Waals surface area contributed by atoms with Gasteiger partial charge in [-0.05, 0) is 54.8 Å². The van der Waals surface area contributed by atoms with E-state index in [-0.39, 0.29) is 58.0 Å². The number of amides is 1. The number of ketones is 2. The first-order valence-corrected chi connectivity index (χ1v) is 18.5. The van der Waals surface area contributed by atoms with Gasteiger partial charge in [0, 0.05) is 35.7 Å². The molecule has 3 atom stereocenters. The van der Waals surface area contributed by atoms with Gasteiger partial charge in [-0.3, -0.25) is 19.4 Å². The summed E-state index contributed by atoms with van der Waals surface area (Å²) in [6.45, 7) is 1.74. The number of carbonyl (C=O) groups is 3. The molecule has 0 radical (unpaired) electrons. The molecular weight excluding hydrogens is 724 g/mol.